The van der Waals surface area contributed by atoms with Crippen LogP contribution in [0.1, 0.15) is 33.1 Å². The summed E-state index contributed by atoms with van der Waals surface area (Å²) >= 11 is 0. The number of Topliss-reactive ketones (excluding diaryl/α,β-unsaturated/α-hetero) is 2. The van der Waals surface area contributed by atoms with E-state index in [4.69, 9.17) is 0 Å². The van der Waals surface area contributed by atoms with E-state index in [-0.39, 0.29) is 24.1 Å². The van der Waals surface area contributed by atoms with Gasteiger partial charge in [0.1, 0.15) is 0 Å². The Morgan fingerprint density at radius 3 is 1.97 bits per heavy atom. The zero-order valence-electron chi connectivity index (χ0n) is 21.0. The Labute approximate surface area is 227 Å². The maximum absolute atomic E-state index is 13.0. The van der Waals surface area contributed by atoms with Crippen molar-refractivity contribution in [2.75, 3.05) is 5.32 Å². The SMILES string of the molecule is O=C(Cc1cccc(Cc2ccccc2)c1)C(=O)Nc1ccccc1CC(=O)C(c1ccccc1)S(=O)(=O)O. The van der Waals surface area contributed by atoms with Gasteiger partial charge in [0.25, 0.3) is 16.0 Å². The zero-order valence-corrected chi connectivity index (χ0v) is 21.8. The lowest BCUT2D eigenvalue weighted by Gasteiger charge is -2.15. The van der Waals surface area contributed by atoms with Crippen LogP contribution >= 0.6 is 0 Å². The second kappa shape index (κ2) is 12.4. The van der Waals surface area contributed by atoms with Crippen LogP contribution in [0.25, 0.3) is 0 Å². The van der Waals surface area contributed by atoms with E-state index < -0.39 is 32.8 Å². The van der Waals surface area contributed by atoms with E-state index in [1.807, 2.05) is 48.5 Å². The Bertz CT molecular complexity index is 1580. The Morgan fingerprint density at radius 1 is 0.692 bits per heavy atom. The fourth-order valence-corrected chi connectivity index (χ4v) is 5.28. The molecular weight excluding hydrogens is 514 g/mol. The third kappa shape index (κ3) is 7.56. The summed E-state index contributed by atoms with van der Waals surface area (Å²) < 4.78 is 33.8. The lowest BCUT2D eigenvalue weighted by Crippen LogP contribution is -2.26. The highest BCUT2D eigenvalue weighted by Crippen LogP contribution is 2.26. The number of hydrogen-bond acceptors (Lipinski definition) is 5. The molecule has 0 aliphatic carbocycles. The number of amides is 1. The fraction of sp³-hybridized carbons (Fsp3) is 0.129. The molecule has 2 N–H and O–H groups in total. The minimum atomic E-state index is -4.74. The predicted octanol–water partition coefficient (Wildman–Crippen LogP) is 4.77. The van der Waals surface area contributed by atoms with E-state index in [2.05, 4.69) is 5.32 Å². The maximum atomic E-state index is 13.0. The van der Waals surface area contributed by atoms with Gasteiger partial charge in [-0.1, -0.05) is 103 Å². The van der Waals surface area contributed by atoms with Crippen molar-refractivity contribution >= 4 is 33.3 Å². The Balaban J connectivity index is 1.45. The molecule has 39 heavy (non-hydrogen) atoms. The first kappa shape index (κ1) is 27.6. The number of rotatable bonds is 11. The topological polar surface area (TPSA) is 118 Å². The number of anilines is 1. The van der Waals surface area contributed by atoms with Crippen LogP contribution < -0.4 is 5.32 Å². The van der Waals surface area contributed by atoms with Crippen LogP contribution in [-0.4, -0.2) is 30.4 Å². The summed E-state index contributed by atoms with van der Waals surface area (Å²) in [4.78, 5) is 38.5. The molecule has 0 saturated carbocycles. The molecule has 8 heteroatoms. The third-order valence-corrected chi connectivity index (χ3v) is 7.31. The first-order valence-electron chi connectivity index (χ1n) is 12.3. The molecule has 4 rings (SSSR count). The van der Waals surface area contributed by atoms with Gasteiger partial charge in [0.05, 0.1) is 0 Å². The van der Waals surface area contributed by atoms with Gasteiger partial charge >= 0.3 is 0 Å². The molecule has 0 bridgehead atoms. The van der Waals surface area contributed by atoms with Gasteiger partial charge in [0.15, 0.2) is 11.0 Å². The number of nitrogens with one attached hydrogen (secondary N) is 1. The van der Waals surface area contributed by atoms with Gasteiger partial charge in [-0.25, -0.2) is 0 Å². The summed E-state index contributed by atoms with van der Waals surface area (Å²) in [5.74, 6) is -2.28. The molecule has 1 amide bonds. The molecule has 0 aliphatic heterocycles. The smallest absolute Gasteiger partial charge is 0.292 e. The van der Waals surface area contributed by atoms with Gasteiger partial charge in [0, 0.05) is 18.5 Å². The highest BCUT2D eigenvalue weighted by atomic mass is 32.2. The molecule has 1 unspecified atom stereocenters. The van der Waals surface area contributed by atoms with Crippen molar-refractivity contribution in [3.63, 3.8) is 0 Å². The number of para-hydroxylation sites is 1. The lowest BCUT2D eigenvalue weighted by molar-refractivity contribution is -0.134. The average molecular weight is 542 g/mol. The van der Waals surface area contributed by atoms with Gasteiger partial charge < -0.3 is 5.32 Å². The normalized spacial score (nSPS) is 11.9. The second-order valence-corrected chi connectivity index (χ2v) is 10.6. The van der Waals surface area contributed by atoms with Gasteiger partial charge in [-0.05, 0) is 40.3 Å². The largest absolute Gasteiger partial charge is 0.319 e. The number of hydrogen-bond donors (Lipinski definition) is 2. The summed E-state index contributed by atoms with van der Waals surface area (Å²) in [5.41, 5.74) is 3.51. The standard InChI is InChI=1S/C31H27NO6S/c33-28(30(39(36,37)38)25-14-5-2-6-15-25)21-26-16-7-8-17-27(26)32-31(35)29(34)20-24-13-9-12-23(19-24)18-22-10-3-1-4-11-22/h1-17,19,30H,18,20-21H2,(H,32,35)(H,36,37,38). The first-order valence-corrected chi connectivity index (χ1v) is 13.8. The number of carbonyl (C=O) groups is 3. The summed E-state index contributed by atoms with van der Waals surface area (Å²) in [6, 6.07) is 31.4. The second-order valence-electron chi connectivity index (χ2n) is 9.14. The van der Waals surface area contributed by atoms with Gasteiger partial charge in [-0.2, -0.15) is 8.42 Å². The molecule has 7 nitrogen and oxygen atoms in total. The van der Waals surface area contributed by atoms with Crippen molar-refractivity contribution in [2.24, 2.45) is 0 Å². The fourth-order valence-electron chi connectivity index (χ4n) is 4.37. The maximum Gasteiger partial charge on any atom is 0.292 e. The number of ketones is 2. The van der Waals surface area contributed by atoms with Gasteiger partial charge in [-0.15, -0.1) is 0 Å². The van der Waals surface area contributed by atoms with E-state index in [9.17, 15) is 27.4 Å². The third-order valence-electron chi connectivity index (χ3n) is 6.18. The van der Waals surface area contributed by atoms with Crippen LogP contribution in [0, 0.1) is 0 Å². The molecule has 0 fully saturated rings. The van der Waals surface area contributed by atoms with Crippen LogP contribution in [0.5, 0.6) is 0 Å². The van der Waals surface area contributed by atoms with Crippen molar-refractivity contribution in [1.82, 2.24) is 0 Å². The Morgan fingerprint density at radius 2 is 1.28 bits per heavy atom. The van der Waals surface area contributed by atoms with Crippen molar-refractivity contribution < 1.29 is 27.4 Å². The highest BCUT2D eigenvalue weighted by Gasteiger charge is 2.33. The van der Waals surface area contributed by atoms with Crippen molar-refractivity contribution in [2.45, 2.75) is 24.5 Å². The Kier molecular flexibility index (Phi) is 8.81. The zero-order chi connectivity index (χ0) is 27.8. The monoisotopic (exact) mass is 541 g/mol. The molecule has 4 aromatic carbocycles. The predicted molar refractivity (Wildman–Crippen MR) is 149 cm³/mol. The molecular formula is C31H27NO6S. The average Bonchev–Trinajstić information content (AvgIpc) is 2.90. The van der Waals surface area contributed by atoms with Crippen molar-refractivity contribution in [1.29, 1.82) is 0 Å². The molecule has 4 aromatic rings. The molecule has 0 heterocycles. The van der Waals surface area contributed by atoms with Crippen molar-refractivity contribution in [3.05, 3.63) is 137 Å². The summed E-state index contributed by atoms with van der Waals surface area (Å²) in [6.45, 7) is 0. The molecule has 0 spiro atoms. The van der Waals surface area contributed by atoms with Crippen molar-refractivity contribution in [3.8, 4) is 0 Å². The van der Waals surface area contributed by atoms with Crippen LogP contribution in [0.4, 0.5) is 5.69 Å². The Hall–Kier alpha value is -4.40. The molecule has 1 atom stereocenters. The van der Waals surface area contributed by atoms with E-state index in [1.165, 1.54) is 18.2 Å². The number of carbonyl (C=O) groups excluding carboxylic acids is 3. The van der Waals surface area contributed by atoms with Crippen LogP contribution in [0.2, 0.25) is 0 Å². The van der Waals surface area contributed by atoms with Gasteiger partial charge in [-0.3, -0.25) is 18.9 Å². The van der Waals surface area contributed by atoms with Gasteiger partial charge in [0.2, 0.25) is 5.78 Å². The minimum Gasteiger partial charge on any atom is -0.319 e. The molecule has 0 aromatic heterocycles. The van der Waals surface area contributed by atoms with E-state index in [0.29, 0.717) is 17.5 Å². The van der Waals surface area contributed by atoms with Crippen LogP contribution in [0.3, 0.4) is 0 Å². The molecule has 0 saturated heterocycles. The quantitative estimate of drug-likeness (QED) is 0.209. The molecule has 0 radical (unpaired) electrons. The van der Waals surface area contributed by atoms with E-state index in [0.717, 1.165) is 11.1 Å². The van der Waals surface area contributed by atoms with E-state index in [1.54, 1.807) is 42.5 Å². The number of benzene rings is 4. The molecule has 0 aliphatic rings. The summed E-state index contributed by atoms with van der Waals surface area (Å²) in [5, 5.41) is 0.784. The highest BCUT2D eigenvalue weighted by molar-refractivity contribution is 7.86. The van der Waals surface area contributed by atoms with Crippen LogP contribution in [-0.2, 0) is 43.8 Å². The van der Waals surface area contributed by atoms with E-state index >= 15 is 0 Å². The summed E-state index contributed by atoms with van der Waals surface area (Å²) in [6.07, 6.45) is 0.212. The minimum absolute atomic E-state index is 0.103. The first-order chi connectivity index (χ1) is 18.7. The summed E-state index contributed by atoms with van der Waals surface area (Å²) in [7, 11) is -4.74. The lowest BCUT2D eigenvalue weighted by atomic mass is 10.00. The molecule has 198 valence electrons. The van der Waals surface area contributed by atoms with Crippen LogP contribution in [0.15, 0.2) is 109 Å².